The summed E-state index contributed by atoms with van der Waals surface area (Å²) in [5.41, 5.74) is 2.46. The molecule has 3 nitrogen and oxygen atoms in total. The maximum absolute atomic E-state index is 11.2. The van der Waals surface area contributed by atoms with E-state index in [0.29, 0.717) is 11.1 Å². The van der Waals surface area contributed by atoms with E-state index in [1.807, 2.05) is 19.1 Å². The SMILES string of the molecule is Cc1cc(C)c(S(N)(=O)=O)c(C)c1.Cl. The molecule has 1 aromatic carbocycles. The van der Waals surface area contributed by atoms with Gasteiger partial charge in [0.15, 0.2) is 0 Å². The number of primary sulfonamides is 1. The van der Waals surface area contributed by atoms with Gasteiger partial charge < -0.3 is 0 Å². The Balaban J connectivity index is 0.00000169. The number of sulfonamides is 1. The van der Waals surface area contributed by atoms with Gasteiger partial charge in [0.05, 0.1) is 4.90 Å². The van der Waals surface area contributed by atoms with E-state index >= 15 is 0 Å². The van der Waals surface area contributed by atoms with E-state index in [0.717, 1.165) is 5.56 Å². The maximum atomic E-state index is 11.2. The summed E-state index contributed by atoms with van der Waals surface area (Å²) in [5.74, 6) is 0. The number of hydrogen-bond donors (Lipinski definition) is 1. The van der Waals surface area contributed by atoms with Crippen molar-refractivity contribution < 1.29 is 8.42 Å². The lowest BCUT2D eigenvalue weighted by molar-refractivity contribution is 0.596. The molecule has 1 aromatic rings. The fraction of sp³-hybridized carbons (Fsp3) is 0.333. The van der Waals surface area contributed by atoms with Gasteiger partial charge in [0, 0.05) is 0 Å². The van der Waals surface area contributed by atoms with Crippen LogP contribution in [0.3, 0.4) is 0 Å². The lowest BCUT2D eigenvalue weighted by atomic mass is 10.1. The second kappa shape index (κ2) is 4.29. The normalized spacial score (nSPS) is 10.9. The molecule has 0 unspecified atom stereocenters. The van der Waals surface area contributed by atoms with Gasteiger partial charge in [0.25, 0.3) is 0 Å². The Kier molecular flexibility index (Phi) is 4.12. The summed E-state index contributed by atoms with van der Waals surface area (Å²) < 4.78 is 22.3. The second-order valence-electron chi connectivity index (χ2n) is 3.27. The molecule has 0 atom stereocenters. The van der Waals surface area contributed by atoms with E-state index in [1.165, 1.54) is 0 Å². The first-order chi connectivity index (χ1) is 5.82. The zero-order valence-corrected chi connectivity index (χ0v) is 10.00. The van der Waals surface area contributed by atoms with Gasteiger partial charge in [-0.3, -0.25) is 0 Å². The first kappa shape index (κ1) is 13.4. The Hall–Kier alpha value is -0.580. The van der Waals surface area contributed by atoms with Crippen LogP contribution in [-0.2, 0) is 10.0 Å². The Morgan fingerprint density at radius 2 is 1.43 bits per heavy atom. The minimum Gasteiger partial charge on any atom is -0.225 e. The predicted octanol–water partition coefficient (Wildman–Crippen LogP) is 1.68. The van der Waals surface area contributed by atoms with Gasteiger partial charge in [-0.15, -0.1) is 12.4 Å². The Morgan fingerprint density at radius 1 is 1.07 bits per heavy atom. The number of benzene rings is 1. The highest BCUT2D eigenvalue weighted by molar-refractivity contribution is 7.89. The molecule has 0 aliphatic rings. The molecule has 2 N–H and O–H groups in total. The van der Waals surface area contributed by atoms with Crippen LogP contribution in [0.1, 0.15) is 16.7 Å². The molecule has 0 aliphatic heterocycles. The quantitative estimate of drug-likeness (QED) is 0.805. The fourth-order valence-corrected chi connectivity index (χ4v) is 2.63. The topological polar surface area (TPSA) is 60.2 Å². The summed E-state index contributed by atoms with van der Waals surface area (Å²) >= 11 is 0. The molecule has 1 rings (SSSR count). The molecule has 0 amide bonds. The van der Waals surface area contributed by atoms with Gasteiger partial charge >= 0.3 is 0 Å². The van der Waals surface area contributed by atoms with E-state index in [9.17, 15) is 8.42 Å². The van der Waals surface area contributed by atoms with Crippen molar-refractivity contribution in [2.45, 2.75) is 25.7 Å². The minimum absolute atomic E-state index is 0. The summed E-state index contributed by atoms with van der Waals surface area (Å²) in [4.78, 5) is 0.248. The van der Waals surface area contributed by atoms with Crippen LogP contribution < -0.4 is 5.14 Å². The van der Waals surface area contributed by atoms with E-state index < -0.39 is 10.0 Å². The third-order valence-electron chi connectivity index (χ3n) is 1.89. The standard InChI is InChI=1S/C9H13NO2S.ClH/c1-6-4-7(2)9(8(3)5-6)13(10,11)12;/h4-5H,1-3H3,(H2,10,11,12);1H. The Labute approximate surface area is 90.8 Å². The fourth-order valence-electron chi connectivity index (χ4n) is 1.62. The molecule has 0 aromatic heterocycles. The Bertz CT molecular complexity index is 417. The van der Waals surface area contributed by atoms with Crippen LogP contribution in [0.25, 0.3) is 0 Å². The van der Waals surface area contributed by atoms with Crippen LogP contribution in [0.4, 0.5) is 0 Å². The zero-order chi connectivity index (χ0) is 10.2. The zero-order valence-electron chi connectivity index (χ0n) is 8.37. The van der Waals surface area contributed by atoms with E-state index in [2.05, 4.69) is 0 Å². The van der Waals surface area contributed by atoms with Gasteiger partial charge in [-0.1, -0.05) is 17.7 Å². The largest absolute Gasteiger partial charge is 0.238 e. The van der Waals surface area contributed by atoms with Crippen LogP contribution in [-0.4, -0.2) is 8.42 Å². The van der Waals surface area contributed by atoms with Gasteiger partial charge in [-0.2, -0.15) is 0 Å². The average Bonchev–Trinajstić information content (AvgIpc) is 1.78. The van der Waals surface area contributed by atoms with Crippen molar-refractivity contribution in [3.8, 4) is 0 Å². The number of halogens is 1. The van der Waals surface area contributed by atoms with Crippen molar-refractivity contribution in [2.24, 2.45) is 5.14 Å². The van der Waals surface area contributed by atoms with Crippen molar-refractivity contribution in [1.29, 1.82) is 0 Å². The highest BCUT2D eigenvalue weighted by atomic mass is 35.5. The lowest BCUT2D eigenvalue weighted by Gasteiger charge is -2.08. The molecule has 0 bridgehead atoms. The third kappa shape index (κ3) is 2.70. The molecule has 0 spiro atoms. The van der Waals surface area contributed by atoms with Crippen molar-refractivity contribution in [2.75, 3.05) is 0 Å². The molecular formula is C9H14ClNO2S. The summed E-state index contributed by atoms with van der Waals surface area (Å²) in [7, 11) is -3.58. The first-order valence-electron chi connectivity index (χ1n) is 3.93. The van der Waals surface area contributed by atoms with Crippen molar-refractivity contribution in [1.82, 2.24) is 0 Å². The molecule has 14 heavy (non-hydrogen) atoms. The maximum Gasteiger partial charge on any atom is 0.238 e. The summed E-state index contributed by atoms with van der Waals surface area (Å²) in [6.45, 7) is 5.42. The third-order valence-corrected chi connectivity index (χ3v) is 3.10. The predicted molar refractivity (Wildman–Crippen MR) is 59.3 cm³/mol. The molecule has 0 radical (unpaired) electrons. The van der Waals surface area contributed by atoms with Crippen LogP contribution in [0.5, 0.6) is 0 Å². The summed E-state index contributed by atoms with van der Waals surface area (Å²) in [6, 6.07) is 3.62. The minimum atomic E-state index is -3.58. The molecule has 0 saturated carbocycles. The van der Waals surface area contributed by atoms with Crippen LogP contribution in [0.2, 0.25) is 0 Å². The molecule has 0 fully saturated rings. The number of rotatable bonds is 1. The van der Waals surface area contributed by atoms with Crippen LogP contribution in [0.15, 0.2) is 17.0 Å². The van der Waals surface area contributed by atoms with Crippen LogP contribution in [0, 0.1) is 20.8 Å². The van der Waals surface area contributed by atoms with Crippen LogP contribution >= 0.6 is 12.4 Å². The van der Waals surface area contributed by atoms with Crippen molar-refractivity contribution in [3.05, 3.63) is 28.8 Å². The Morgan fingerprint density at radius 3 is 1.71 bits per heavy atom. The molecule has 5 heteroatoms. The number of hydrogen-bond acceptors (Lipinski definition) is 2. The van der Waals surface area contributed by atoms with Crippen molar-refractivity contribution >= 4 is 22.4 Å². The summed E-state index contributed by atoms with van der Waals surface area (Å²) in [5, 5.41) is 5.08. The number of aryl methyl sites for hydroxylation is 3. The summed E-state index contributed by atoms with van der Waals surface area (Å²) in [6.07, 6.45) is 0. The lowest BCUT2D eigenvalue weighted by Crippen LogP contribution is -2.15. The number of nitrogens with two attached hydrogens (primary N) is 1. The highest BCUT2D eigenvalue weighted by Gasteiger charge is 2.14. The van der Waals surface area contributed by atoms with Crippen molar-refractivity contribution in [3.63, 3.8) is 0 Å². The van der Waals surface area contributed by atoms with Gasteiger partial charge in [0.1, 0.15) is 0 Å². The molecular weight excluding hydrogens is 222 g/mol. The molecule has 80 valence electrons. The smallest absolute Gasteiger partial charge is 0.225 e. The van der Waals surface area contributed by atoms with Gasteiger partial charge in [-0.25, -0.2) is 13.6 Å². The highest BCUT2D eigenvalue weighted by Crippen LogP contribution is 2.19. The first-order valence-corrected chi connectivity index (χ1v) is 5.47. The van der Waals surface area contributed by atoms with E-state index in [-0.39, 0.29) is 17.3 Å². The van der Waals surface area contributed by atoms with Gasteiger partial charge in [-0.05, 0) is 31.9 Å². The van der Waals surface area contributed by atoms with E-state index in [4.69, 9.17) is 5.14 Å². The molecule has 0 saturated heterocycles. The molecule has 0 aliphatic carbocycles. The monoisotopic (exact) mass is 235 g/mol. The second-order valence-corrected chi connectivity index (χ2v) is 4.77. The van der Waals surface area contributed by atoms with E-state index in [1.54, 1.807) is 13.8 Å². The average molecular weight is 236 g/mol. The van der Waals surface area contributed by atoms with Gasteiger partial charge in [0.2, 0.25) is 10.0 Å². The molecule has 0 heterocycles.